The molecule has 3 heteroatoms. The Hall–Kier alpha value is -2.60. The first-order valence-electron chi connectivity index (χ1n) is 5.94. The van der Waals surface area contributed by atoms with Gasteiger partial charge in [0.25, 0.3) is 0 Å². The van der Waals surface area contributed by atoms with Crippen molar-refractivity contribution in [3.05, 3.63) is 59.7 Å². The summed E-state index contributed by atoms with van der Waals surface area (Å²) in [6.07, 6.45) is 0.379. The summed E-state index contributed by atoms with van der Waals surface area (Å²) < 4.78 is 5.70. The van der Waals surface area contributed by atoms with Crippen LogP contribution in [0.2, 0.25) is 0 Å². The molecular weight excluding hydrogens is 238 g/mol. The third-order valence-electron chi connectivity index (χ3n) is 2.70. The predicted molar refractivity (Wildman–Crippen MR) is 72.3 cm³/mol. The van der Waals surface area contributed by atoms with E-state index < -0.39 is 0 Å². The number of nitriles is 1. The molecule has 0 unspecified atom stereocenters. The normalized spacial score (nSPS) is 9.68. The lowest BCUT2D eigenvalue weighted by Crippen LogP contribution is -1.96. The molecule has 0 fully saturated rings. The topological polar surface area (TPSA) is 50.1 Å². The van der Waals surface area contributed by atoms with Gasteiger partial charge in [-0.25, -0.2) is 0 Å². The van der Waals surface area contributed by atoms with Crippen molar-refractivity contribution >= 4 is 5.78 Å². The summed E-state index contributed by atoms with van der Waals surface area (Å²) in [5.74, 6) is 1.16. The van der Waals surface area contributed by atoms with Crippen molar-refractivity contribution in [2.45, 2.75) is 13.3 Å². The third kappa shape index (κ3) is 3.20. The second-order valence-electron chi connectivity index (χ2n) is 4.13. The maximum Gasteiger partial charge on any atom is 0.163 e. The van der Waals surface area contributed by atoms with Crippen LogP contribution in [0, 0.1) is 11.3 Å². The standard InChI is InChI=1S/C16H13NO2/c1-12(18)15-4-2-3-5-16(15)19-14-8-6-13(7-9-14)10-11-17/h2-9H,10H2,1H3. The van der Waals surface area contributed by atoms with E-state index in [2.05, 4.69) is 6.07 Å². The molecule has 2 aromatic carbocycles. The van der Waals surface area contributed by atoms with Crippen molar-refractivity contribution in [1.29, 1.82) is 5.26 Å². The largest absolute Gasteiger partial charge is 0.457 e. The highest BCUT2D eigenvalue weighted by Gasteiger charge is 2.08. The number of ketones is 1. The number of rotatable bonds is 4. The van der Waals surface area contributed by atoms with Crippen LogP contribution in [0.1, 0.15) is 22.8 Å². The number of benzene rings is 2. The molecule has 94 valence electrons. The molecule has 0 atom stereocenters. The first-order chi connectivity index (χ1) is 9.20. The van der Waals surface area contributed by atoms with E-state index in [1.54, 1.807) is 30.3 Å². The molecule has 2 aromatic rings. The lowest BCUT2D eigenvalue weighted by atomic mass is 10.1. The summed E-state index contributed by atoms with van der Waals surface area (Å²) in [5.41, 5.74) is 1.50. The molecule has 0 aromatic heterocycles. The van der Waals surface area contributed by atoms with Crippen LogP contribution in [0.15, 0.2) is 48.5 Å². The Morgan fingerprint density at radius 2 is 1.84 bits per heavy atom. The fourth-order valence-corrected chi connectivity index (χ4v) is 1.74. The van der Waals surface area contributed by atoms with Crippen LogP contribution in [-0.4, -0.2) is 5.78 Å². The molecular formula is C16H13NO2. The molecule has 19 heavy (non-hydrogen) atoms. The van der Waals surface area contributed by atoms with Crippen molar-refractivity contribution in [1.82, 2.24) is 0 Å². The average Bonchev–Trinajstić information content (AvgIpc) is 2.42. The molecule has 0 amide bonds. The quantitative estimate of drug-likeness (QED) is 0.777. The first-order valence-corrected chi connectivity index (χ1v) is 5.94. The molecule has 0 heterocycles. The van der Waals surface area contributed by atoms with Crippen LogP contribution in [0.4, 0.5) is 0 Å². The molecule has 0 saturated heterocycles. The van der Waals surface area contributed by atoms with Crippen LogP contribution >= 0.6 is 0 Å². The van der Waals surface area contributed by atoms with Crippen LogP contribution in [0.3, 0.4) is 0 Å². The fourth-order valence-electron chi connectivity index (χ4n) is 1.74. The predicted octanol–water partition coefficient (Wildman–Crippen LogP) is 3.75. The van der Waals surface area contributed by atoms with E-state index in [0.717, 1.165) is 5.56 Å². The lowest BCUT2D eigenvalue weighted by molar-refractivity contribution is 0.101. The molecule has 0 radical (unpaired) electrons. The number of hydrogen-bond acceptors (Lipinski definition) is 3. The van der Waals surface area contributed by atoms with Crippen LogP contribution in [0.25, 0.3) is 0 Å². The molecule has 0 bridgehead atoms. The van der Waals surface area contributed by atoms with Gasteiger partial charge in [0.15, 0.2) is 5.78 Å². The minimum Gasteiger partial charge on any atom is -0.457 e. The van der Waals surface area contributed by atoms with Crippen molar-refractivity contribution in [3.8, 4) is 17.6 Å². The van der Waals surface area contributed by atoms with Gasteiger partial charge in [-0.2, -0.15) is 5.26 Å². The maximum absolute atomic E-state index is 11.5. The van der Waals surface area contributed by atoms with Gasteiger partial charge in [0.2, 0.25) is 0 Å². The zero-order valence-corrected chi connectivity index (χ0v) is 10.6. The smallest absolute Gasteiger partial charge is 0.163 e. The molecule has 0 aliphatic rings. The van der Waals surface area contributed by atoms with Crippen LogP contribution < -0.4 is 4.74 Å². The number of Topliss-reactive ketones (excluding diaryl/α,β-unsaturated/α-hetero) is 1. The van der Waals surface area contributed by atoms with Gasteiger partial charge in [-0.15, -0.1) is 0 Å². The van der Waals surface area contributed by atoms with E-state index in [1.807, 2.05) is 18.2 Å². The highest BCUT2D eigenvalue weighted by molar-refractivity contribution is 5.96. The molecule has 0 aliphatic heterocycles. The van der Waals surface area contributed by atoms with Gasteiger partial charge in [-0.1, -0.05) is 24.3 Å². The van der Waals surface area contributed by atoms with E-state index in [4.69, 9.17) is 10.00 Å². The molecule has 2 rings (SSSR count). The van der Waals surface area contributed by atoms with Crippen molar-refractivity contribution in [3.63, 3.8) is 0 Å². The Kier molecular flexibility index (Phi) is 3.94. The number of ether oxygens (including phenoxy) is 1. The third-order valence-corrected chi connectivity index (χ3v) is 2.70. The van der Waals surface area contributed by atoms with Gasteiger partial charge in [0, 0.05) is 0 Å². The highest BCUT2D eigenvalue weighted by Crippen LogP contribution is 2.25. The highest BCUT2D eigenvalue weighted by atomic mass is 16.5. The fraction of sp³-hybridized carbons (Fsp3) is 0.125. The summed E-state index contributed by atoms with van der Waals surface area (Å²) in [5, 5.41) is 8.60. The van der Waals surface area contributed by atoms with Gasteiger partial charge in [0.05, 0.1) is 18.1 Å². The zero-order chi connectivity index (χ0) is 13.7. The molecule has 0 spiro atoms. The van der Waals surface area contributed by atoms with Gasteiger partial charge < -0.3 is 4.74 Å². The zero-order valence-electron chi connectivity index (χ0n) is 10.6. The Labute approximate surface area is 112 Å². The van der Waals surface area contributed by atoms with Crippen molar-refractivity contribution in [2.75, 3.05) is 0 Å². The summed E-state index contributed by atoms with van der Waals surface area (Å²) in [6.45, 7) is 1.51. The second kappa shape index (κ2) is 5.83. The first kappa shape index (κ1) is 12.8. The van der Waals surface area contributed by atoms with Gasteiger partial charge in [-0.05, 0) is 36.8 Å². The Morgan fingerprint density at radius 3 is 2.47 bits per heavy atom. The SMILES string of the molecule is CC(=O)c1ccccc1Oc1ccc(CC#N)cc1. The van der Waals surface area contributed by atoms with Gasteiger partial charge in [-0.3, -0.25) is 4.79 Å². The van der Waals surface area contributed by atoms with E-state index in [9.17, 15) is 4.79 Å². The van der Waals surface area contributed by atoms with Crippen molar-refractivity contribution < 1.29 is 9.53 Å². The number of nitrogens with zero attached hydrogens (tertiary/aromatic N) is 1. The molecule has 0 N–H and O–H groups in total. The Bertz CT molecular complexity index is 624. The summed E-state index contributed by atoms with van der Waals surface area (Å²) in [4.78, 5) is 11.5. The minimum absolute atomic E-state index is 0.0308. The molecule has 3 nitrogen and oxygen atoms in total. The molecule has 0 saturated carbocycles. The van der Waals surface area contributed by atoms with E-state index in [-0.39, 0.29) is 5.78 Å². The maximum atomic E-state index is 11.5. The monoisotopic (exact) mass is 251 g/mol. The second-order valence-corrected chi connectivity index (χ2v) is 4.13. The van der Waals surface area contributed by atoms with Crippen molar-refractivity contribution in [2.24, 2.45) is 0 Å². The Morgan fingerprint density at radius 1 is 1.16 bits per heavy atom. The number of carbonyl (C=O) groups is 1. The van der Waals surface area contributed by atoms with Crippen LogP contribution in [-0.2, 0) is 6.42 Å². The van der Waals surface area contributed by atoms with Crippen LogP contribution in [0.5, 0.6) is 11.5 Å². The molecule has 0 aliphatic carbocycles. The Balaban J connectivity index is 2.22. The van der Waals surface area contributed by atoms with E-state index in [1.165, 1.54) is 6.92 Å². The lowest BCUT2D eigenvalue weighted by Gasteiger charge is -2.09. The number of para-hydroxylation sites is 1. The summed E-state index contributed by atoms with van der Waals surface area (Å²) in [7, 11) is 0. The summed E-state index contributed by atoms with van der Waals surface area (Å²) >= 11 is 0. The number of carbonyl (C=O) groups excluding carboxylic acids is 1. The average molecular weight is 251 g/mol. The van der Waals surface area contributed by atoms with E-state index >= 15 is 0 Å². The number of hydrogen-bond donors (Lipinski definition) is 0. The van der Waals surface area contributed by atoms with Gasteiger partial charge >= 0.3 is 0 Å². The summed E-state index contributed by atoms with van der Waals surface area (Å²) in [6, 6.07) is 16.5. The van der Waals surface area contributed by atoms with Gasteiger partial charge in [0.1, 0.15) is 11.5 Å². The minimum atomic E-state index is -0.0308. The van der Waals surface area contributed by atoms with E-state index in [0.29, 0.717) is 23.5 Å².